The van der Waals surface area contributed by atoms with Gasteiger partial charge in [0, 0.05) is 49.5 Å². The number of sulfonamides is 1. The fourth-order valence-electron chi connectivity index (χ4n) is 3.84. The van der Waals surface area contributed by atoms with Crippen LogP contribution in [-0.4, -0.2) is 41.3 Å². The third kappa shape index (κ3) is 3.48. The summed E-state index contributed by atoms with van der Waals surface area (Å²) < 4.78 is 43.3. The molecule has 1 amide bonds. The molecule has 1 aliphatic heterocycles. The number of fused-ring (bicyclic) bond motifs is 1. The van der Waals surface area contributed by atoms with Crippen LogP contribution in [0.25, 0.3) is 10.9 Å². The molecule has 1 N–H and O–H groups in total. The van der Waals surface area contributed by atoms with E-state index >= 15 is 0 Å². The lowest BCUT2D eigenvalue weighted by molar-refractivity contribution is 0.0942. The number of carbonyl (C=O) groups excluding carboxylic acids is 1. The van der Waals surface area contributed by atoms with Crippen molar-refractivity contribution in [1.82, 2.24) is 19.2 Å². The van der Waals surface area contributed by atoms with Gasteiger partial charge in [-0.05, 0) is 44.0 Å². The Balaban J connectivity index is 1.60. The Hall–Kier alpha value is -2.78. The van der Waals surface area contributed by atoms with Crippen molar-refractivity contribution in [3.8, 4) is 0 Å². The predicted octanol–water partition coefficient (Wildman–Crippen LogP) is 2.74. The molecule has 2 aromatic heterocycles. The molecule has 3 aromatic rings. The van der Waals surface area contributed by atoms with Crippen LogP contribution in [0.5, 0.6) is 0 Å². The number of aromatic nitrogens is 2. The van der Waals surface area contributed by atoms with Gasteiger partial charge in [-0.3, -0.25) is 9.78 Å². The molecular formula is C21H23FN4O3S. The van der Waals surface area contributed by atoms with Gasteiger partial charge in [-0.1, -0.05) is 6.07 Å². The second-order valence-electron chi connectivity index (χ2n) is 7.43. The minimum atomic E-state index is -3.64. The first-order chi connectivity index (χ1) is 14.3. The zero-order valence-electron chi connectivity index (χ0n) is 16.9. The molecule has 1 aliphatic rings. The van der Waals surface area contributed by atoms with Crippen molar-refractivity contribution in [3.63, 3.8) is 0 Å². The molecule has 0 radical (unpaired) electrons. The summed E-state index contributed by atoms with van der Waals surface area (Å²) in [5, 5.41) is 3.34. The van der Waals surface area contributed by atoms with E-state index in [2.05, 4.69) is 10.3 Å². The lowest BCUT2D eigenvalue weighted by Crippen LogP contribution is -2.28. The van der Waals surface area contributed by atoms with E-state index in [1.807, 2.05) is 0 Å². The first kappa shape index (κ1) is 20.5. The molecule has 30 heavy (non-hydrogen) atoms. The minimum absolute atomic E-state index is 0.0356. The van der Waals surface area contributed by atoms with Crippen LogP contribution in [0.3, 0.4) is 0 Å². The summed E-state index contributed by atoms with van der Waals surface area (Å²) in [4.78, 5) is 17.2. The first-order valence-corrected chi connectivity index (χ1v) is 11.2. The van der Waals surface area contributed by atoms with Crippen LogP contribution in [0.15, 0.2) is 41.4 Å². The highest BCUT2D eigenvalue weighted by atomic mass is 32.2. The molecule has 9 heteroatoms. The fourth-order valence-corrected chi connectivity index (χ4v) is 5.63. The van der Waals surface area contributed by atoms with Crippen LogP contribution in [0, 0.1) is 12.7 Å². The average molecular weight is 431 g/mol. The maximum absolute atomic E-state index is 14.4. The molecule has 7 nitrogen and oxygen atoms in total. The maximum Gasteiger partial charge on any atom is 0.268 e. The highest BCUT2D eigenvalue weighted by Crippen LogP contribution is 2.26. The molecule has 3 heterocycles. The number of rotatable bonds is 5. The van der Waals surface area contributed by atoms with Crippen LogP contribution in [0.2, 0.25) is 0 Å². The smallest absolute Gasteiger partial charge is 0.268 e. The number of carbonyl (C=O) groups is 1. The SMILES string of the molecule is Cc1c(S(=O)(=O)N2CCCC2)cc(C(=O)NCc2c(F)ccc3ncccc23)n1C. The molecule has 0 spiro atoms. The summed E-state index contributed by atoms with van der Waals surface area (Å²) >= 11 is 0. The number of nitrogens with zero attached hydrogens (tertiary/aromatic N) is 3. The zero-order valence-corrected chi connectivity index (χ0v) is 17.7. The van der Waals surface area contributed by atoms with Crippen LogP contribution in [0.1, 0.15) is 34.6 Å². The van der Waals surface area contributed by atoms with Crippen molar-refractivity contribution in [2.75, 3.05) is 13.1 Å². The molecular weight excluding hydrogens is 407 g/mol. The van der Waals surface area contributed by atoms with E-state index in [9.17, 15) is 17.6 Å². The Kier molecular flexibility index (Phi) is 5.33. The van der Waals surface area contributed by atoms with Crippen LogP contribution >= 0.6 is 0 Å². The topological polar surface area (TPSA) is 84.3 Å². The van der Waals surface area contributed by atoms with Gasteiger partial charge in [-0.25, -0.2) is 12.8 Å². The molecule has 4 rings (SSSR count). The molecule has 0 atom stereocenters. The van der Waals surface area contributed by atoms with Crippen molar-refractivity contribution in [2.45, 2.75) is 31.2 Å². The van der Waals surface area contributed by atoms with Crippen LogP contribution in [0.4, 0.5) is 4.39 Å². The third-order valence-corrected chi connectivity index (χ3v) is 7.68. The van der Waals surface area contributed by atoms with Gasteiger partial charge in [0.25, 0.3) is 5.91 Å². The Labute approximate surface area is 174 Å². The molecule has 158 valence electrons. The Morgan fingerprint density at radius 3 is 2.70 bits per heavy atom. The Bertz CT molecular complexity index is 1230. The van der Waals surface area contributed by atoms with Gasteiger partial charge < -0.3 is 9.88 Å². The number of amides is 1. The average Bonchev–Trinajstić information content (AvgIpc) is 3.37. The van der Waals surface area contributed by atoms with Gasteiger partial charge in [-0.2, -0.15) is 4.31 Å². The van der Waals surface area contributed by atoms with Crippen molar-refractivity contribution in [3.05, 3.63) is 59.3 Å². The summed E-state index contributed by atoms with van der Waals surface area (Å²) in [6.07, 6.45) is 3.30. The number of nitrogens with one attached hydrogen (secondary N) is 1. The second-order valence-corrected chi connectivity index (χ2v) is 9.33. The summed E-state index contributed by atoms with van der Waals surface area (Å²) in [6, 6.07) is 7.78. The van der Waals surface area contributed by atoms with Gasteiger partial charge in [0.05, 0.1) is 5.52 Å². The number of pyridine rings is 1. The standard InChI is InChI=1S/C21H23FN4O3S/c1-14-20(30(28,29)26-10-3-4-11-26)12-19(25(14)2)21(27)24-13-16-15-6-5-9-23-18(15)8-7-17(16)22/h5-9,12H,3-4,10-11,13H2,1-2H3,(H,24,27). The van der Waals surface area contributed by atoms with E-state index in [-0.39, 0.29) is 17.1 Å². The van der Waals surface area contributed by atoms with Crippen molar-refractivity contribution in [2.24, 2.45) is 7.05 Å². The summed E-state index contributed by atoms with van der Waals surface area (Å²) in [5.74, 6) is -0.903. The van der Waals surface area contributed by atoms with Crippen molar-refractivity contribution < 1.29 is 17.6 Å². The molecule has 0 bridgehead atoms. The van der Waals surface area contributed by atoms with E-state index < -0.39 is 21.7 Å². The number of hydrogen-bond donors (Lipinski definition) is 1. The van der Waals surface area contributed by atoms with Gasteiger partial charge >= 0.3 is 0 Å². The highest BCUT2D eigenvalue weighted by Gasteiger charge is 2.31. The van der Waals surface area contributed by atoms with E-state index in [1.165, 1.54) is 16.4 Å². The summed E-state index contributed by atoms with van der Waals surface area (Å²) in [5.41, 5.74) is 1.68. The molecule has 0 aliphatic carbocycles. The van der Waals surface area contributed by atoms with Gasteiger partial charge in [0.1, 0.15) is 16.4 Å². The van der Waals surface area contributed by atoms with Crippen molar-refractivity contribution >= 4 is 26.8 Å². The summed E-state index contributed by atoms with van der Waals surface area (Å²) in [7, 11) is -1.99. The lowest BCUT2D eigenvalue weighted by atomic mass is 10.1. The van der Waals surface area contributed by atoms with E-state index in [0.29, 0.717) is 35.2 Å². The predicted molar refractivity (Wildman–Crippen MR) is 111 cm³/mol. The largest absolute Gasteiger partial charge is 0.347 e. The zero-order chi connectivity index (χ0) is 21.5. The monoisotopic (exact) mass is 430 g/mol. The normalized spacial score (nSPS) is 15.0. The van der Waals surface area contributed by atoms with Crippen LogP contribution < -0.4 is 5.32 Å². The number of hydrogen-bond acceptors (Lipinski definition) is 4. The number of halogens is 1. The van der Waals surface area contributed by atoms with E-state index in [0.717, 1.165) is 12.8 Å². The van der Waals surface area contributed by atoms with E-state index in [4.69, 9.17) is 0 Å². The summed E-state index contributed by atoms with van der Waals surface area (Å²) in [6.45, 7) is 2.63. The molecule has 1 fully saturated rings. The Morgan fingerprint density at radius 1 is 1.23 bits per heavy atom. The molecule has 1 aromatic carbocycles. The molecule has 0 saturated carbocycles. The number of benzene rings is 1. The first-order valence-electron chi connectivity index (χ1n) is 9.77. The van der Waals surface area contributed by atoms with Gasteiger partial charge in [0.2, 0.25) is 10.0 Å². The molecule has 0 unspecified atom stereocenters. The minimum Gasteiger partial charge on any atom is -0.347 e. The van der Waals surface area contributed by atoms with Crippen LogP contribution in [-0.2, 0) is 23.6 Å². The maximum atomic E-state index is 14.4. The lowest BCUT2D eigenvalue weighted by Gasteiger charge is -2.15. The quantitative estimate of drug-likeness (QED) is 0.675. The fraction of sp³-hybridized carbons (Fsp3) is 0.333. The van der Waals surface area contributed by atoms with Gasteiger partial charge in [0.15, 0.2) is 0 Å². The highest BCUT2D eigenvalue weighted by molar-refractivity contribution is 7.89. The van der Waals surface area contributed by atoms with E-state index in [1.54, 1.807) is 42.9 Å². The second kappa shape index (κ2) is 7.81. The van der Waals surface area contributed by atoms with Gasteiger partial charge in [-0.15, -0.1) is 0 Å². The Morgan fingerprint density at radius 2 is 1.97 bits per heavy atom. The van der Waals surface area contributed by atoms with Crippen molar-refractivity contribution in [1.29, 1.82) is 0 Å². The third-order valence-electron chi connectivity index (χ3n) is 5.67. The molecule has 1 saturated heterocycles.